The molecule has 0 aliphatic rings. The van der Waals surface area contributed by atoms with Gasteiger partial charge in [0, 0.05) is 5.56 Å². The number of hydrogen-bond donors (Lipinski definition) is 1. The van der Waals surface area contributed by atoms with E-state index < -0.39 is 0 Å². The van der Waals surface area contributed by atoms with Crippen LogP contribution in [-0.2, 0) is 0 Å². The Labute approximate surface area is 171 Å². The molecule has 0 aromatic heterocycles. The van der Waals surface area contributed by atoms with Crippen molar-refractivity contribution in [2.75, 3.05) is 0 Å². The maximum Gasteiger partial charge on any atom is 0.252 e. The lowest BCUT2D eigenvalue weighted by atomic mass is 9.97. The Morgan fingerprint density at radius 3 is 1.76 bits per heavy atom. The summed E-state index contributed by atoms with van der Waals surface area (Å²) in [6.45, 7) is 2.06. The van der Waals surface area contributed by atoms with Crippen LogP contribution in [-0.4, -0.2) is 5.91 Å². The Hall–Kier alpha value is -3.65. The highest BCUT2D eigenvalue weighted by molar-refractivity contribution is 5.95. The SMILES string of the molecule is Cc1ccc([C@@H](NC(=O)c2ccc(-c3ccccc3)cc2)c2ccccc2)cc1. The number of amides is 1. The van der Waals surface area contributed by atoms with Crippen molar-refractivity contribution in [1.82, 2.24) is 5.32 Å². The van der Waals surface area contributed by atoms with Gasteiger partial charge in [-0.05, 0) is 41.3 Å². The molecular formula is C27H23NO. The number of benzene rings is 4. The summed E-state index contributed by atoms with van der Waals surface area (Å²) in [5.74, 6) is -0.0842. The third kappa shape index (κ3) is 4.44. The zero-order valence-electron chi connectivity index (χ0n) is 16.4. The van der Waals surface area contributed by atoms with Crippen LogP contribution in [0.4, 0.5) is 0 Å². The second-order valence-electron chi connectivity index (χ2n) is 7.17. The van der Waals surface area contributed by atoms with Crippen molar-refractivity contribution >= 4 is 5.91 Å². The van der Waals surface area contributed by atoms with Crippen LogP contribution in [0.1, 0.15) is 33.1 Å². The molecule has 1 amide bonds. The minimum absolute atomic E-state index is 0.0842. The van der Waals surface area contributed by atoms with Gasteiger partial charge in [-0.15, -0.1) is 0 Å². The fourth-order valence-electron chi connectivity index (χ4n) is 3.42. The van der Waals surface area contributed by atoms with E-state index in [9.17, 15) is 4.79 Å². The van der Waals surface area contributed by atoms with Crippen molar-refractivity contribution in [1.29, 1.82) is 0 Å². The van der Waals surface area contributed by atoms with Crippen molar-refractivity contribution in [3.05, 3.63) is 131 Å². The fraction of sp³-hybridized carbons (Fsp3) is 0.0741. The van der Waals surface area contributed by atoms with E-state index in [2.05, 4.69) is 48.6 Å². The van der Waals surface area contributed by atoms with E-state index in [0.29, 0.717) is 5.56 Å². The highest BCUT2D eigenvalue weighted by Crippen LogP contribution is 2.24. The van der Waals surface area contributed by atoms with E-state index in [1.165, 1.54) is 5.56 Å². The van der Waals surface area contributed by atoms with Crippen molar-refractivity contribution in [2.24, 2.45) is 0 Å². The van der Waals surface area contributed by atoms with Gasteiger partial charge < -0.3 is 5.32 Å². The Morgan fingerprint density at radius 1 is 0.621 bits per heavy atom. The molecule has 4 rings (SSSR count). The molecule has 4 aromatic rings. The molecule has 0 fully saturated rings. The molecule has 2 nitrogen and oxygen atoms in total. The lowest BCUT2D eigenvalue weighted by molar-refractivity contribution is 0.0943. The Kier molecular flexibility index (Phi) is 5.53. The van der Waals surface area contributed by atoms with Crippen LogP contribution in [0.3, 0.4) is 0 Å². The van der Waals surface area contributed by atoms with Gasteiger partial charge in [-0.1, -0.05) is 103 Å². The topological polar surface area (TPSA) is 29.1 Å². The number of hydrogen-bond acceptors (Lipinski definition) is 1. The predicted octanol–water partition coefficient (Wildman–Crippen LogP) is 6.18. The first kappa shape index (κ1) is 18.7. The molecule has 0 bridgehead atoms. The molecule has 0 saturated heterocycles. The first-order chi connectivity index (χ1) is 14.2. The minimum Gasteiger partial charge on any atom is -0.341 e. The summed E-state index contributed by atoms with van der Waals surface area (Å²) in [4.78, 5) is 13.0. The van der Waals surface area contributed by atoms with Gasteiger partial charge in [0.15, 0.2) is 0 Å². The van der Waals surface area contributed by atoms with Gasteiger partial charge >= 0.3 is 0 Å². The van der Waals surface area contributed by atoms with Gasteiger partial charge in [0.2, 0.25) is 0 Å². The Morgan fingerprint density at radius 2 is 1.14 bits per heavy atom. The number of aryl methyl sites for hydroxylation is 1. The number of rotatable bonds is 5. The lowest BCUT2D eigenvalue weighted by Crippen LogP contribution is -2.29. The van der Waals surface area contributed by atoms with Crippen LogP contribution >= 0.6 is 0 Å². The summed E-state index contributed by atoms with van der Waals surface area (Å²) in [5, 5.41) is 3.21. The summed E-state index contributed by atoms with van der Waals surface area (Å²) in [6.07, 6.45) is 0. The molecule has 0 saturated carbocycles. The number of carbonyl (C=O) groups is 1. The molecule has 29 heavy (non-hydrogen) atoms. The highest BCUT2D eigenvalue weighted by atomic mass is 16.1. The van der Waals surface area contributed by atoms with Crippen LogP contribution in [0.15, 0.2) is 109 Å². The van der Waals surface area contributed by atoms with E-state index in [1.54, 1.807) is 0 Å². The van der Waals surface area contributed by atoms with Gasteiger partial charge in [0.25, 0.3) is 5.91 Å². The average molecular weight is 377 g/mol. The van der Waals surface area contributed by atoms with Crippen molar-refractivity contribution < 1.29 is 4.79 Å². The van der Waals surface area contributed by atoms with Crippen LogP contribution in [0.2, 0.25) is 0 Å². The molecule has 0 unspecified atom stereocenters. The molecule has 1 atom stereocenters. The molecule has 1 N–H and O–H groups in total. The summed E-state index contributed by atoms with van der Waals surface area (Å²) < 4.78 is 0. The second kappa shape index (κ2) is 8.57. The molecule has 0 aliphatic carbocycles. The molecule has 142 valence electrons. The fourth-order valence-corrected chi connectivity index (χ4v) is 3.42. The smallest absolute Gasteiger partial charge is 0.252 e. The second-order valence-corrected chi connectivity index (χ2v) is 7.17. The lowest BCUT2D eigenvalue weighted by Gasteiger charge is -2.20. The highest BCUT2D eigenvalue weighted by Gasteiger charge is 2.17. The standard InChI is InChI=1S/C27H23NO/c1-20-12-14-24(15-13-20)26(23-10-6-3-7-11-23)28-27(29)25-18-16-22(17-19-25)21-8-4-2-5-9-21/h2-19,26H,1H3,(H,28,29)/t26-/m0/s1. The first-order valence-electron chi connectivity index (χ1n) is 9.78. The zero-order chi connectivity index (χ0) is 20.1. The van der Waals surface area contributed by atoms with Gasteiger partial charge in [-0.3, -0.25) is 4.79 Å². The minimum atomic E-state index is -0.196. The quantitative estimate of drug-likeness (QED) is 0.442. The average Bonchev–Trinajstić information content (AvgIpc) is 2.79. The van der Waals surface area contributed by atoms with Gasteiger partial charge in [0.1, 0.15) is 0 Å². The van der Waals surface area contributed by atoms with E-state index in [-0.39, 0.29) is 11.9 Å². The van der Waals surface area contributed by atoms with Crippen LogP contribution < -0.4 is 5.32 Å². The van der Waals surface area contributed by atoms with Crippen LogP contribution in [0.25, 0.3) is 11.1 Å². The van der Waals surface area contributed by atoms with Crippen molar-refractivity contribution in [3.8, 4) is 11.1 Å². The molecule has 0 radical (unpaired) electrons. The monoisotopic (exact) mass is 377 g/mol. The first-order valence-corrected chi connectivity index (χ1v) is 9.78. The van der Waals surface area contributed by atoms with E-state index in [0.717, 1.165) is 22.3 Å². The predicted molar refractivity (Wildman–Crippen MR) is 119 cm³/mol. The van der Waals surface area contributed by atoms with E-state index in [1.807, 2.05) is 72.8 Å². The summed E-state index contributed by atoms with van der Waals surface area (Å²) in [7, 11) is 0. The van der Waals surface area contributed by atoms with Crippen LogP contribution in [0.5, 0.6) is 0 Å². The number of carbonyl (C=O) groups excluding carboxylic acids is 1. The molecule has 0 heterocycles. The molecular weight excluding hydrogens is 354 g/mol. The van der Waals surface area contributed by atoms with Gasteiger partial charge in [-0.25, -0.2) is 0 Å². The molecule has 4 aromatic carbocycles. The summed E-state index contributed by atoms with van der Waals surface area (Å²) in [5.41, 5.74) is 6.21. The molecule has 0 aliphatic heterocycles. The maximum absolute atomic E-state index is 13.0. The zero-order valence-corrected chi connectivity index (χ0v) is 16.4. The normalized spacial score (nSPS) is 11.6. The van der Waals surface area contributed by atoms with Gasteiger partial charge in [-0.2, -0.15) is 0 Å². The molecule has 2 heteroatoms. The van der Waals surface area contributed by atoms with Gasteiger partial charge in [0.05, 0.1) is 6.04 Å². The van der Waals surface area contributed by atoms with Crippen LogP contribution in [0, 0.1) is 6.92 Å². The largest absolute Gasteiger partial charge is 0.341 e. The Balaban J connectivity index is 1.59. The Bertz CT molecular complexity index is 1070. The molecule has 0 spiro atoms. The number of nitrogens with one attached hydrogen (secondary N) is 1. The van der Waals surface area contributed by atoms with E-state index in [4.69, 9.17) is 0 Å². The maximum atomic E-state index is 13.0. The third-order valence-corrected chi connectivity index (χ3v) is 5.07. The summed E-state index contributed by atoms with van der Waals surface area (Å²) >= 11 is 0. The van der Waals surface area contributed by atoms with E-state index >= 15 is 0 Å². The van der Waals surface area contributed by atoms with Crippen molar-refractivity contribution in [2.45, 2.75) is 13.0 Å². The third-order valence-electron chi connectivity index (χ3n) is 5.07. The van der Waals surface area contributed by atoms with Crippen molar-refractivity contribution in [3.63, 3.8) is 0 Å². The summed E-state index contributed by atoms with van der Waals surface area (Å²) in [6, 6.07) is 36.1.